The van der Waals surface area contributed by atoms with Gasteiger partial charge >= 0.3 is 6.03 Å². The summed E-state index contributed by atoms with van der Waals surface area (Å²) in [5.41, 5.74) is 0. The lowest BCUT2D eigenvalue weighted by Gasteiger charge is -2.34. The molecule has 3 fully saturated rings. The van der Waals surface area contributed by atoms with Gasteiger partial charge < -0.3 is 9.80 Å². The Balaban J connectivity index is 1.43. The van der Waals surface area contributed by atoms with Crippen LogP contribution in [0.3, 0.4) is 0 Å². The molecule has 0 saturated carbocycles. The van der Waals surface area contributed by atoms with Gasteiger partial charge in [-0.3, -0.25) is 14.9 Å². The lowest BCUT2D eigenvalue weighted by Crippen LogP contribution is -2.55. The van der Waals surface area contributed by atoms with Crippen LogP contribution in [0.4, 0.5) is 4.79 Å². The molecule has 0 spiro atoms. The van der Waals surface area contributed by atoms with Gasteiger partial charge in [-0.1, -0.05) is 18.2 Å². The van der Waals surface area contributed by atoms with E-state index >= 15 is 0 Å². The number of amides is 4. The van der Waals surface area contributed by atoms with Crippen LogP contribution in [0.25, 0.3) is 0 Å². The summed E-state index contributed by atoms with van der Waals surface area (Å²) < 4.78 is 0. The highest BCUT2D eigenvalue weighted by molar-refractivity contribution is 8.00. The molecule has 3 unspecified atom stereocenters. The molecule has 2 bridgehead atoms. The van der Waals surface area contributed by atoms with E-state index in [1.54, 1.807) is 9.80 Å². The quantitative estimate of drug-likeness (QED) is 0.657. The molecule has 4 amide bonds. The third kappa shape index (κ3) is 1.99. The number of imide groups is 1. The van der Waals surface area contributed by atoms with E-state index in [9.17, 15) is 14.4 Å². The van der Waals surface area contributed by atoms with E-state index in [0.717, 1.165) is 4.90 Å². The van der Waals surface area contributed by atoms with Gasteiger partial charge in [0.15, 0.2) is 0 Å². The smallest absolute Gasteiger partial charge is 0.325 e. The lowest BCUT2D eigenvalue weighted by molar-refractivity contribution is -0.133. The predicted molar refractivity (Wildman–Crippen MR) is 80.2 cm³/mol. The summed E-state index contributed by atoms with van der Waals surface area (Å²) in [5, 5.41) is 2.34. The van der Waals surface area contributed by atoms with Crippen molar-refractivity contribution in [2.45, 2.75) is 29.4 Å². The second-order valence-corrected chi connectivity index (χ2v) is 6.80. The second-order valence-electron chi connectivity index (χ2n) is 5.75. The van der Waals surface area contributed by atoms with Crippen molar-refractivity contribution in [1.82, 2.24) is 15.1 Å². The molecule has 3 atom stereocenters. The van der Waals surface area contributed by atoms with E-state index in [-0.39, 0.29) is 29.9 Å². The van der Waals surface area contributed by atoms with Gasteiger partial charge in [-0.25, -0.2) is 4.79 Å². The zero-order chi connectivity index (χ0) is 15.3. The average Bonchev–Trinajstić information content (AvgIpc) is 3.18. The van der Waals surface area contributed by atoms with Gasteiger partial charge in [0, 0.05) is 11.4 Å². The number of nitrogens with one attached hydrogen (secondary N) is 1. The topological polar surface area (TPSA) is 69.7 Å². The number of piperazine rings is 1. The van der Waals surface area contributed by atoms with Crippen LogP contribution in [0, 0.1) is 0 Å². The van der Waals surface area contributed by atoms with Crippen molar-refractivity contribution in [3.8, 4) is 0 Å². The van der Waals surface area contributed by atoms with Gasteiger partial charge in [0.25, 0.3) is 5.91 Å². The van der Waals surface area contributed by atoms with Crippen LogP contribution >= 0.6 is 11.8 Å². The lowest BCUT2D eigenvalue weighted by atomic mass is 10.1. The van der Waals surface area contributed by atoms with Crippen LogP contribution in [0.5, 0.6) is 0 Å². The van der Waals surface area contributed by atoms with E-state index in [0.29, 0.717) is 18.7 Å². The summed E-state index contributed by atoms with van der Waals surface area (Å²) in [6.45, 7) is 0.538. The van der Waals surface area contributed by atoms with Crippen LogP contribution < -0.4 is 5.32 Å². The highest BCUT2D eigenvalue weighted by atomic mass is 32.2. The third-order valence-corrected chi connectivity index (χ3v) is 5.53. The molecule has 3 aliphatic heterocycles. The Hall–Kier alpha value is -2.02. The van der Waals surface area contributed by atoms with Crippen LogP contribution in [0.15, 0.2) is 35.2 Å². The van der Waals surface area contributed by atoms with Gasteiger partial charge in [0.1, 0.15) is 6.04 Å². The summed E-state index contributed by atoms with van der Waals surface area (Å²) >= 11 is 1.50. The van der Waals surface area contributed by atoms with Crippen molar-refractivity contribution in [3.63, 3.8) is 0 Å². The fraction of sp³-hybridized carbons (Fsp3) is 0.400. The van der Waals surface area contributed by atoms with Crippen molar-refractivity contribution >= 4 is 29.6 Å². The van der Waals surface area contributed by atoms with Gasteiger partial charge in [-0.15, -0.1) is 11.8 Å². The first-order valence-corrected chi connectivity index (χ1v) is 8.24. The zero-order valence-electron chi connectivity index (χ0n) is 11.8. The van der Waals surface area contributed by atoms with Gasteiger partial charge in [-0.05, 0) is 18.6 Å². The van der Waals surface area contributed by atoms with Crippen molar-refractivity contribution in [1.29, 1.82) is 0 Å². The first-order valence-electron chi connectivity index (χ1n) is 7.25. The molecule has 7 heteroatoms. The molecule has 114 valence electrons. The maximum Gasteiger partial charge on any atom is 0.325 e. The van der Waals surface area contributed by atoms with Gasteiger partial charge in [-0.2, -0.15) is 0 Å². The zero-order valence-corrected chi connectivity index (χ0v) is 12.6. The molecular weight excluding hydrogens is 302 g/mol. The third-order valence-electron chi connectivity index (χ3n) is 4.54. The van der Waals surface area contributed by atoms with E-state index in [1.807, 2.05) is 30.3 Å². The molecule has 3 aliphatic rings. The van der Waals surface area contributed by atoms with E-state index in [1.165, 1.54) is 11.8 Å². The number of thioether (sulfide) groups is 1. The minimum Gasteiger partial charge on any atom is -0.334 e. The minimum absolute atomic E-state index is 0.0212. The Labute approximate surface area is 131 Å². The van der Waals surface area contributed by atoms with E-state index in [4.69, 9.17) is 0 Å². The second kappa shape index (κ2) is 5.01. The number of urea groups is 1. The largest absolute Gasteiger partial charge is 0.334 e. The minimum atomic E-state index is -0.489. The molecule has 1 aromatic carbocycles. The molecule has 3 heterocycles. The predicted octanol–water partition coefficient (Wildman–Crippen LogP) is 0.682. The number of hydrogen-bond donors (Lipinski definition) is 1. The SMILES string of the molecule is O=C1NC(=O)N2C3CC(C12)N(C(=O)CSc1ccccc1)C3. The standard InChI is InChI=1S/C15H15N3O3S/c19-12(8-22-10-4-2-1-3-5-10)17-7-9-6-11(17)13-14(20)16-15(21)18(9)13/h1-5,9,11,13H,6-8H2,(H,16,20,21). The highest BCUT2D eigenvalue weighted by Gasteiger charge is 2.59. The van der Waals surface area contributed by atoms with Crippen molar-refractivity contribution in [2.75, 3.05) is 12.3 Å². The normalized spacial score (nSPS) is 29.0. The Morgan fingerprint density at radius 1 is 1.27 bits per heavy atom. The summed E-state index contributed by atoms with van der Waals surface area (Å²) in [5.74, 6) is 0.120. The fourth-order valence-corrected chi connectivity index (χ4v) is 4.43. The van der Waals surface area contributed by atoms with E-state index < -0.39 is 6.04 Å². The number of benzene rings is 1. The average molecular weight is 317 g/mol. The van der Waals surface area contributed by atoms with Crippen LogP contribution in [-0.4, -0.2) is 58.1 Å². The van der Waals surface area contributed by atoms with Crippen molar-refractivity contribution in [2.24, 2.45) is 0 Å². The molecule has 0 aliphatic carbocycles. The first-order chi connectivity index (χ1) is 10.6. The Morgan fingerprint density at radius 2 is 2.05 bits per heavy atom. The first kappa shape index (κ1) is 13.6. The van der Waals surface area contributed by atoms with E-state index in [2.05, 4.69) is 5.32 Å². The Kier molecular flexibility index (Phi) is 3.11. The number of rotatable bonds is 3. The fourth-order valence-electron chi connectivity index (χ4n) is 3.62. The molecule has 0 aromatic heterocycles. The summed E-state index contributed by atoms with van der Waals surface area (Å²) in [7, 11) is 0. The molecular formula is C15H15N3O3S. The van der Waals surface area contributed by atoms with Crippen LogP contribution in [0.1, 0.15) is 6.42 Å². The molecule has 1 N–H and O–H groups in total. The number of likely N-dealkylation sites (tertiary alicyclic amines) is 1. The summed E-state index contributed by atoms with van der Waals surface area (Å²) in [6.07, 6.45) is 0.714. The number of hydrogen-bond acceptors (Lipinski definition) is 4. The van der Waals surface area contributed by atoms with Crippen molar-refractivity contribution in [3.05, 3.63) is 30.3 Å². The Morgan fingerprint density at radius 3 is 2.82 bits per heavy atom. The highest BCUT2D eigenvalue weighted by Crippen LogP contribution is 2.38. The Bertz CT molecular complexity index is 651. The molecule has 6 nitrogen and oxygen atoms in total. The van der Waals surface area contributed by atoms with Crippen LogP contribution in [-0.2, 0) is 9.59 Å². The number of carbonyl (C=O) groups excluding carboxylic acids is 3. The maximum absolute atomic E-state index is 12.5. The summed E-state index contributed by atoms with van der Waals surface area (Å²) in [4.78, 5) is 40.5. The monoisotopic (exact) mass is 317 g/mol. The van der Waals surface area contributed by atoms with Crippen LogP contribution in [0.2, 0.25) is 0 Å². The van der Waals surface area contributed by atoms with Gasteiger partial charge in [0.2, 0.25) is 5.91 Å². The van der Waals surface area contributed by atoms with Crippen molar-refractivity contribution < 1.29 is 14.4 Å². The number of nitrogens with zero attached hydrogens (tertiary/aromatic N) is 2. The number of fused-ring (bicyclic) bond motifs is 5. The number of carbonyl (C=O) groups is 3. The summed E-state index contributed by atoms with van der Waals surface area (Å²) in [6, 6.07) is 8.78. The molecule has 1 aromatic rings. The van der Waals surface area contributed by atoms with Gasteiger partial charge in [0.05, 0.1) is 17.8 Å². The molecule has 3 saturated heterocycles. The molecule has 22 heavy (non-hydrogen) atoms. The molecule has 0 radical (unpaired) electrons. The molecule has 4 rings (SSSR count). The maximum atomic E-state index is 12.5.